The molecule has 34 heavy (non-hydrogen) atoms. The van der Waals surface area contributed by atoms with E-state index in [4.69, 9.17) is 0 Å². The van der Waals surface area contributed by atoms with E-state index in [0.29, 0.717) is 28.2 Å². The van der Waals surface area contributed by atoms with Crippen molar-refractivity contribution < 1.29 is 17.6 Å². The van der Waals surface area contributed by atoms with Crippen LogP contribution in [-0.4, -0.2) is 41.2 Å². The number of fused-ring (bicyclic) bond motifs is 1. The van der Waals surface area contributed by atoms with E-state index in [0.717, 1.165) is 23.3 Å². The van der Waals surface area contributed by atoms with Gasteiger partial charge in [0.15, 0.2) is 5.13 Å². The molecule has 4 heterocycles. The third kappa shape index (κ3) is 4.48. The maximum atomic E-state index is 14.0. The standard InChI is InChI=1S/C23H21FN4O3S3/c24-17-8-9-18-20(13-17)33-23(26-18)27(15-16-5-3-10-25-14-16)22(29)19-6-1-2-11-28(19)34(30,31)21-7-4-12-32-21/h3-5,7-10,12-14,19H,1-2,6,11,15H2. The van der Waals surface area contributed by atoms with Crippen LogP contribution in [0.4, 0.5) is 9.52 Å². The number of thiophene rings is 1. The number of aromatic nitrogens is 2. The summed E-state index contributed by atoms with van der Waals surface area (Å²) in [6.45, 7) is 0.459. The normalized spacial score (nSPS) is 17.1. The van der Waals surface area contributed by atoms with Gasteiger partial charge < -0.3 is 0 Å². The Hall–Kier alpha value is -2.73. The van der Waals surface area contributed by atoms with Crippen LogP contribution in [0.15, 0.2) is 64.4 Å². The molecule has 4 aromatic rings. The summed E-state index contributed by atoms with van der Waals surface area (Å²) in [5.74, 6) is -0.725. The Bertz CT molecular complexity index is 1410. The molecule has 1 unspecified atom stereocenters. The molecule has 176 valence electrons. The van der Waals surface area contributed by atoms with Gasteiger partial charge in [-0.3, -0.25) is 14.7 Å². The van der Waals surface area contributed by atoms with Crippen LogP contribution in [0.1, 0.15) is 24.8 Å². The summed E-state index contributed by atoms with van der Waals surface area (Å²) < 4.78 is 42.7. The number of pyridine rings is 1. The molecule has 1 atom stereocenters. The van der Waals surface area contributed by atoms with Crippen molar-refractivity contribution in [1.82, 2.24) is 14.3 Å². The minimum Gasteiger partial charge on any atom is -0.282 e. The number of hydrogen-bond donors (Lipinski definition) is 0. The SMILES string of the molecule is O=C(C1CCCCN1S(=O)(=O)c1cccs1)N(Cc1cccnc1)c1nc2ccc(F)cc2s1. The van der Waals surface area contributed by atoms with E-state index >= 15 is 0 Å². The molecule has 7 nitrogen and oxygen atoms in total. The van der Waals surface area contributed by atoms with Crippen LogP contribution >= 0.6 is 22.7 Å². The second-order valence-corrected chi connectivity index (χ2v) is 12.0. The summed E-state index contributed by atoms with van der Waals surface area (Å²) in [7, 11) is -3.81. The van der Waals surface area contributed by atoms with Gasteiger partial charge in [-0.2, -0.15) is 4.31 Å². The number of sulfonamides is 1. The maximum Gasteiger partial charge on any atom is 0.253 e. The largest absolute Gasteiger partial charge is 0.282 e. The number of anilines is 1. The molecule has 11 heteroatoms. The van der Waals surface area contributed by atoms with Gasteiger partial charge in [-0.05, 0) is 54.1 Å². The lowest BCUT2D eigenvalue weighted by atomic mass is 10.0. The van der Waals surface area contributed by atoms with E-state index in [1.807, 2.05) is 6.07 Å². The molecule has 5 rings (SSSR count). The van der Waals surface area contributed by atoms with Crippen molar-refractivity contribution in [2.24, 2.45) is 0 Å². The zero-order chi connectivity index (χ0) is 23.7. The van der Waals surface area contributed by atoms with Gasteiger partial charge in [0.2, 0.25) is 5.91 Å². The van der Waals surface area contributed by atoms with Crippen LogP contribution in [0.25, 0.3) is 10.2 Å². The predicted molar refractivity (Wildman–Crippen MR) is 131 cm³/mol. The van der Waals surface area contributed by atoms with E-state index in [-0.39, 0.29) is 29.0 Å². The molecule has 1 aliphatic rings. The van der Waals surface area contributed by atoms with E-state index in [1.54, 1.807) is 42.0 Å². The first-order chi connectivity index (χ1) is 16.4. The van der Waals surface area contributed by atoms with Crippen LogP contribution in [-0.2, 0) is 21.4 Å². The maximum absolute atomic E-state index is 14.0. The fourth-order valence-corrected chi connectivity index (χ4v) is 7.83. The predicted octanol–water partition coefficient (Wildman–Crippen LogP) is 4.67. The van der Waals surface area contributed by atoms with Crippen LogP contribution < -0.4 is 4.90 Å². The highest BCUT2D eigenvalue weighted by Gasteiger charge is 2.40. The van der Waals surface area contributed by atoms with Gasteiger partial charge in [-0.25, -0.2) is 17.8 Å². The lowest BCUT2D eigenvalue weighted by Crippen LogP contribution is -2.52. The average Bonchev–Trinajstić information content (AvgIpc) is 3.53. The van der Waals surface area contributed by atoms with E-state index in [2.05, 4.69) is 9.97 Å². The van der Waals surface area contributed by atoms with E-state index in [9.17, 15) is 17.6 Å². The minimum atomic E-state index is -3.81. The molecule has 1 fully saturated rings. The van der Waals surface area contributed by atoms with Gasteiger partial charge in [-0.15, -0.1) is 11.3 Å². The second kappa shape index (κ2) is 9.49. The zero-order valence-corrected chi connectivity index (χ0v) is 20.5. The molecule has 0 bridgehead atoms. The quantitative estimate of drug-likeness (QED) is 0.372. The highest BCUT2D eigenvalue weighted by atomic mass is 32.2. The van der Waals surface area contributed by atoms with E-state index in [1.165, 1.54) is 32.7 Å². The van der Waals surface area contributed by atoms with Crippen molar-refractivity contribution in [1.29, 1.82) is 0 Å². The molecular weight excluding hydrogens is 495 g/mol. The van der Waals surface area contributed by atoms with Gasteiger partial charge in [-0.1, -0.05) is 29.9 Å². The number of piperidine rings is 1. The molecule has 1 aliphatic heterocycles. The highest BCUT2D eigenvalue weighted by Crippen LogP contribution is 2.34. The fourth-order valence-electron chi connectivity index (χ4n) is 4.06. The Balaban J connectivity index is 1.54. The van der Waals surface area contributed by atoms with Gasteiger partial charge in [0.25, 0.3) is 10.0 Å². The third-order valence-corrected chi connectivity index (χ3v) is 10.0. The Labute approximate surface area is 204 Å². The first-order valence-electron chi connectivity index (χ1n) is 10.8. The summed E-state index contributed by atoms with van der Waals surface area (Å²) >= 11 is 2.35. The Morgan fingerprint density at radius 2 is 2.09 bits per heavy atom. The molecule has 0 saturated carbocycles. The van der Waals surface area contributed by atoms with Gasteiger partial charge in [0.05, 0.1) is 16.8 Å². The molecule has 0 spiro atoms. The van der Waals surface area contributed by atoms with Crippen molar-refractivity contribution >= 4 is 54.0 Å². The summed E-state index contributed by atoms with van der Waals surface area (Å²) in [5, 5.41) is 2.11. The molecule has 3 aromatic heterocycles. The summed E-state index contributed by atoms with van der Waals surface area (Å²) in [5.41, 5.74) is 1.36. The number of rotatable bonds is 6. The number of halogens is 1. The number of benzene rings is 1. The van der Waals surface area contributed by atoms with Crippen LogP contribution in [0, 0.1) is 5.82 Å². The topological polar surface area (TPSA) is 83.5 Å². The lowest BCUT2D eigenvalue weighted by molar-refractivity contribution is -0.123. The summed E-state index contributed by atoms with van der Waals surface area (Å²) in [6.07, 6.45) is 5.17. The van der Waals surface area contributed by atoms with Gasteiger partial charge in [0, 0.05) is 18.9 Å². The zero-order valence-electron chi connectivity index (χ0n) is 18.0. The number of hydrogen-bond acceptors (Lipinski definition) is 7. The van der Waals surface area contributed by atoms with Crippen molar-refractivity contribution in [2.75, 3.05) is 11.4 Å². The summed E-state index contributed by atoms with van der Waals surface area (Å²) in [4.78, 5) is 24.2. The third-order valence-electron chi connectivity index (χ3n) is 5.70. The Morgan fingerprint density at radius 3 is 2.85 bits per heavy atom. The summed E-state index contributed by atoms with van der Waals surface area (Å²) in [6, 6.07) is 10.3. The molecule has 1 saturated heterocycles. The van der Waals surface area contributed by atoms with Crippen LogP contribution in [0.5, 0.6) is 0 Å². The minimum absolute atomic E-state index is 0.179. The van der Waals surface area contributed by atoms with Crippen molar-refractivity contribution in [3.63, 3.8) is 0 Å². The number of amides is 1. The Kier molecular flexibility index (Phi) is 6.43. The highest BCUT2D eigenvalue weighted by molar-refractivity contribution is 7.91. The van der Waals surface area contributed by atoms with Gasteiger partial charge in [0.1, 0.15) is 16.1 Å². The van der Waals surface area contributed by atoms with Crippen LogP contribution in [0.3, 0.4) is 0 Å². The molecule has 0 radical (unpaired) electrons. The molecule has 1 amide bonds. The van der Waals surface area contributed by atoms with Crippen molar-refractivity contribution in [3.05, 3.63) is 71.6 Å². The first-order valence-corrected chi connectivity index (χ1v) is 13.9. The molecular formula is C23H21FN4O3S3. The van der Waals surface area contributed by atoms with Gasteiger partial charge >= 0.3 is 0 Å². The molecule has 1 aromatic carbocycles. The number of thiazole rings is 1. The molecule has 0 N–H and O–H groups in total. The average molecular weight is 517 g/mol. The van der Waals surface area contributed by atoms with E-state index < -0.39 is 16.1 Å². The number of carbonyl (C=O) groups excluding carboxylic acids is 1. The Morgan fingerprint density at radius 1 is 1.21 bits per heavy atom. The number of nitrogens with zero attached hydrogens (tertiary/aromatic N) is 4. The fraction of sp³-hybridized carbons (Fsp3) is 0.261. The lowest BCUT2D eigenvalue weighted by Gasteiger charge is -2.35. The first kappa shape index (κ1) is 23.0. The van der Waals surface area contributed by atoms with Crippen molar-refractivity contribution in [2.45, 2.75) is 36.1 Å². The molecule has 0 aliphatic carbocycles. The van der Waals surface area contributed by atoms with Crippen molar-refractivity contribution in [3.8, 4) is 0 Å². The second-order valence-electron chi connectivity index (χ2n) is 7.95. The number of carbonyl (C=O) groups is 1. The smallest absolute Gasteiger partial charge is 0.253 e. The monoisotopic (exact) mass is 516 g/mol. The van der Waals surface area contributed by atoms with Crippen LogP contribution in [0.2, 0.25) is 0 Å².